The Morgan fingerprint density at radius 3 is 1.96 bits per heavy atom. The monoisotopic (exact) mass is 425 g/mol. The lowest BCUT2D eigenvalue weighted by Gasteiger charge is -2.13. The third-order valence-corrected chi connectivity index (χ3v) is 4.64. The number of nitrogens with one attached hydrogen (secondary N) is 1. The fourth-order valence-electron chi connectivity index (χ4n) is 2.44. The number of benzene rings is 3. The molecule has 3 rings (SSSR count). The summed E-state index contributed by atoms with van der Waals surface area (Å²) in [6.07, 6.45) is 0. The molecule has 0 aliphatic heterocycles. The van der Waals surface area contributed by atoms with E-state index < -0.39 is 0 Å². The number of halogens is 4. The van der Waals surface area contributed by atoms with Gasteiger partial charge in [0.2, 0.25) is 0 Å². The van der Waals surface area contributed by atoms with E-state index in [0.29, 0.717) is 39.0 Å². The second kappa shape index (κ2) is 8.88. The molecule has 26 heavy (non-hydrogen) atoms. The van der Waals surface area contributed by atoms with Crippen LogP contribution in [0.1, 0.15) is 11.1 Å². The molecule has 0 radical (unpaired) electrons. The van der Waals surface area contributed by atoms with E-state index in [0.717, 1.165) is 16.8 Å². The number of hydrogen-bond donors (Lipinski definition) is 1. The molecule has 6 heteroatoms. The van der Waals surface area contributed by atoms with Gasteiger partial charge in [-0.05, 0) is 41.5 Å². The van der Waals surface area contributed by atoms with E-state index in [9.17, 15) is 0 Å². The van der Waals surface area contributed by atoms with Crippen LogP contribution >= 0.6 is 46.4 Å². The first-order valence-electron chi connectivity index (χ1n) is 7.86. The van der Waals surface area contributed by atoms with Crippen molar-refractivity contribution < 1.29 is 4.74 Å². The van der Waals surface area contributed by atoms with Crippen LogP contribution in [-0.4, -0.2) is 0 Å². The summed E-state index contributed by atoms with van der Waals surface area (Å²) < 4.78 is 5.78. The Bertz CT molecular complexity index is 856. The first-order chi connectivity index (χ1) is 12.5. The molecule has 0 saturated heterocycles. The van der Waals surface area contributed by atoms with Crippen LogP contribution in [-0.2, 0) is 13.2 Å². The zero-order valence-corrected chi connectivity index (χ0v) is 16.6. The van der Waals surface area contributed by atoms with E-state index in [1.54, 1.807) is 18.2 Å². The third-order valence-electron chi connectivity index (χ3n) is 3.64. The number of rotatable bonds is 6. The van der Waals surface area contributed by atoms with Gasteiger partial charge >= 0.3 is 0 Å². The Morgan fingerprint density at radius 2 is 1.35 bits per heavy atom. The predicted molar refractivity (Wildman–Crippen MR) is 111 cm³/mol. The highest BCUT2D eigenvalue weighted by Crippen LogP contribution is 2.35. The smallest absolute Gasteiger partial charge is 0.156 e. The van der Waals surface area contributed by atoms with Gasteiger partial charge in [-0.1, -0.05) is 76.7 Å². The summed E-state index contributed by atoms with van der Waals surface area (Å²) in [6, 6.07) is 18.8. The van der Waals surface area contributed by atoms with Gasteiger partial charge in [0, 0.05) is 22.3 Å². The van der Waals surface area contributed by atoms with Crippen LogP contribution < -0.4 is 10.1 Å². The van der Waals surface area contributed by atoms with Gasteiger partial charge in [-0.25, -0.2) is 0 Å². The quantitative estimate of drug-likeness (QED) is 0.440. The minimum atomic E-state index is 0.402. The van der Waals surface area contributed by atoms with Gasteiger partial charge in [0.25, 0.3) is 0 Å². The Hall–Kier alpha value is -1.58. The molecule has 0 spiro atoms. The maximum atomic E-state index is 6.35. The van der Waals surface area contributed by atoms with Crippen molar-refractivity contribution in [2.24, 2.45) is 0 Å². The van der Waals surface area contributed by atoms with Crippen LogP contribution in [0, 0.1) is 0 Å². The predicted octanol–water partition coefficient (Wildman–Crippen LogP) is 7.49. The maximum Gasteiger partial charge on any atom is 0.156 e. The molecule has 0 bridgehead atoms. The van der Waals surface area contributed by atoms with E-state index >= 15 is 0 Å². The van der Waals surface area contributed by atoms with E-state index in [2.05, 4.69) is 5.32 Å². The van der Waals surface area contributed by atoms with Gasteiger partial charge in [-0.3, -0.25) is 0 Å². The molecule has 2 nitrogen and oxygen atoms in total. The fraction of sp³-hybridized carbons (Fsp3) is 0.100. The number of ether oxygens (including phenoxy) is 1. The van der Waals surface area contributed by atoms with Crippen LogP contribution in [0.4, 0.5) is 5.69 Å². The van der Waals surface area contributed by atoms with Gasteiger partial charge in [0.15, 0.2) is 5.75 Å². The van der Waals surface area contributed by atoms with E-state index in [4.69, 9.17) is 51.1 Å². The number of hydrogen-bond acceptors (Lipinski definition) is 2. The summed E-state index contributed by atoms with van der Waals surface area (Å²) >= 11 is 24.7. The summed E-state index contributed by atoms with van der Waals surface area (Å²) in [5.41, 5.74) is 2.78. The lowest BCUT2D eigenvalue weighted by atomic mass is 10.2. The molecule has 0 unspecified atom stereocenters. The highest BCUT2D eigenvalue weighted by atomic mass is 35.5. The molecule has 1 N–H and O–H groups in total. The van der Waals surface area contributed by atoms with Crippen molar-refractivity contribution in [3.8, 4) is 5.75 Å². The Morgan fingerprint density at radius 1 is 0.731 bits per heavy atom. The maximum absolute atomic E-state index is 6.35. The van der Waals surface area contributed by atoms with Crippen LogP contribution in [0.3, 0.4) is 0 Å². The molecule has 0 aromatic heterocycles. The molecule has 0 aliphatic carbocycles. The Kier molecular flexibility index (Phi) is 6.55. The summed E-state index contributed by atoms with van der Waals surface area (Å²) in [6.45, 7) is 0.925. The van der Waals surface area contributed by atoms with Gasteiger partial charge in [0.05, 0.1) is 10.0 Å². The van der Waals surface area contributed by atoms with E-state index in [1.807, 2.05) is 42.5 Å². The Labute approximate surface area is 172 Å². The largest absolute Gasteiger partial charge is 0.486 e. The highest BCUT2D eigenvalue weighted by molar-refractivity contribution is 6.37. The summed E-state index contributed by atoms with van der Waals surface area (Å²) in [7, 11) is 0. The molecule has 0 fully saturated rings. The molecule has 0 saturated carbocycles. The second-order valence-corrected chi connectivity index (χ2v) is 7.36. The van der Waals surface area contributed by atoms with E-state index in [-0.39, 0.29) is 0 Å². The van der Waals surface area contributed by atoms with Crippen molar-refractivity contribution >= 4 is 52.1 Å². The molecule has 3 aromatic rings. The number of anilines is 1. The van der Waals surface area contributed by atoms with Crippen LogP contribution in [0.15, 0.2) is 60.7 Å². The van der Waals surface area contributed by atoms with Crippen molar-refractivity contribution in [1.82, 2.24) is 0 Å². The molecule has 0 amide bonds. The molecule has 134 valence electrons. The lowest BCUT2D eigenvalue weighted by molar-refractivity contribution is 0.306. The van der Waals surface area contributed by atoms with Crippen molar-refractivity contribution in [2.75, 3.05) is 5.32 Å². The zero-order valence-electron chi connectivity index (χ0n) is 13.6. The van der Waals surface area contributed by atoms with Crippen molar-refractivity contribution in [1.29, 1.82) is 0 Å². The van der Waals surface area contributed by atoms with Crippen LogP contribution in [0.25, 0.3) is 0 Å². The fourth-order valence-corrected chi connectivity index (χ4v) is 3.61. The van der Waals surface area contributed by atoms with Crippen LogP contribution in [0.2, 0.25) is 20.1 Å². The highest BCUT2D eigenvalue weighted by Gasteiger charge is 2.10. The van der Waals surface area contributed by atoms with Crippen molar-refractivity contribution in [3.63, 3.8) is 0 Å². The SMILES string of the molecule is Clc1cc(Cl)cc(NCc2cc(Cl)c(OCc3ccccc3)c(Cl)c2)c1. The summed E-state index contributed by atoms with van der Waals surface area (Å²) in [4.78, 5) is 0. The average molecular weight is 427 g/mol. The summed E-state index contributed by atoms with van der Waals surface area (Å²) in [5.74, 6) is 0.478. The first-order valence-corrected chi connectivity index (χ1v) is 9.37. The van der Waals surface area contributed by atoms with Gasteiger partial charge in [-0.2, -0.15) is 0 Å². The van der Waals surface area contributed by atoms with Gasteiger partial charge < -0.3 is 10.1 Å². The Balaban J connectivity index is 1.68. The minimum Gasteiger partial charge on any atom is -0.486 e. The standard InChI is InChI=1S/C20H15Cl4NO/c21-15-8-16(22)10-17(9-15)25-11-14-6-18(23)20(19(24)7-14)26-12-13-4-2-1-3-5-13/h1-10,25H,11-12H2. The molecule has 0 aliphatic rings. The molecule has 0 heterocycles. The molecular formula is C20H15Cl4NO. The van der Waals surface area contributed by atoms with Crippen LogP contribution in [0.5, 0.6) is 5.75 Å². The summed E-state index contributed by atoms with van der Waals surface area (Å²) in [5, 5.41) is 5.32. The van der Waals surface area contributed by atoms with Gasteiger partial charge in [0.1, 0.15) is 6.61 Å². The minimum absolute atomic E-state index is 0.402. The molecule has 0 atom stereocenters. The van der Waals surface area contributed by atoms with Crippen molar-refractivity contribution in [2.45, 2.75) is 13.2 Å². The van der Waals surface area contributed by atoms with E-state index in [1.165, 1.54) is 0 Å². The van der Waals surface area contributed by atoms with Gasteiger partial charge in [-0.15, -0.1) is 0 Å². The van der Waals surface area contributed by atoms with Crippen molar-refractivity contribution in [3.05, 3.63) is 91.9 Å². The second-order valence-electron chi connectivity index (χ2n) is 5.67. The first kappa shape index (κ1) is 19.2. The lowest BCUT2D eigenvalue weighted by Crippen LogP contribution is -2.01. The topological polar surface area (TPSA) is 21.3 Å². The normalized spacial score (nSPS) is 10.6. The average Bonchev–Trinajstić information content (AvgIpc) is 2.59. The molecule has 3 aromatic carbocycles. The zero-order chi connectivity index (χ0) is 18.5. The third kappa shape index (κ3) is 5.21. The molecular weight excluding hydrogens is 412 g/mol.